The topological polar surface area (TPSA) is 76.1 Å². The minimum absolute atomic E-state index is 0.00911. The van der Waals surface area contributed by atoms with Gasteiger partial charge in [-0.1, -0.05) is 18.2 Å². The predicted octanol–water partition coefficient (Wildman–Crippen LogP) is 4.67. The predicted molar refractivity (Wildman–Crippen MR) is 112 cm³/mol. The average Bonchev–Trinajstić information content (AvgIpc) is 2.94. The molecule has 8 heteroatoms. The van der Waals surface area contributed by atoms with Gasteiger partial charge in [0.2, 0.25) is 0 Å². The van der Waals surface area contributed by atoms with E-state index in [0.29, 0.717) is 33.0 Å². The highest BCUT2D eigenvalue weighted by molar-refractivity contribution is 9.10. The maximum Gasteiger partial charge on any atom is 0.293 e. The Balaban J connectivity index is 1.70. The molecule has 1 saturated heterocycles. The van der Waals surface area contributed by atoms with E-state index in [-0.39, 0.29) is 30.0 Å². The van der Waals surface area contributed by atoms with Gasteiger partial charge in [0.05, 0.1) is 22.5 Å². The lowest BCUT2D eigenvalue weighted by Gasteiger charge is -2.13. The molecule has 6 nitrogen and oxygen atoms in total. The molecule has 2 aromatic rings. The lowest BCUT2D eigenvalue weighted by molar-refractivity contribution is -0.123. The van der Waals surface area contributed by atoms with Crippen molar-refractivity contribution in [2.45, 2.75) is 6.92 Å². The third-order valence-corrected chi connectivity index (χ3v) is 5.36. The number of aromatic hydroxyl groups is 1. The SMILES string of the molecule is CCOc1cc(/C=C2\SC(=O)N(CCOc3ccccc3)C2=O)cc(Br)c1O. The summed E-state index contributed by atoms with van der Waals surface area (Å²) in [7, 11) is 0. The van der Waals surface area contributed by atoms with Crippen LogP contribution in [0.2, 0.25) is 0 Å². The van der Waals surface area contributed by atoms with Crippen LogP contribution in [0.5, 0.6) is 17.2 Å². The molecule has 0 aromatic heterocycles. The van der Waals surface area contributed by atoms with Crippen molar-refractivity contribution < 1.29 is 24.2 Å². The fourth-order valence-electron chi connectivity index (χ4n) is 2.56. The van der Waals surface area contributed by atoms with Crippen LogP contribution in [-0.2, 0) is 4.79 Å². The van der Waals surface area contributed by atoms with Crippen molar-refractivity contribution in [1.82, 2.24) is 4.90 Å². The molecule has 0 unspecified atom stereocenters. The second-order valence-electron chi connectivity index (χ2n) is 5.78. The zero-order valence-electron chi connectivity index (χ0n) is 15.1. The largest absolute Gasteiger partial charge is 0.503 e. The molecular weight excluding hydrogens is 446 g/mol. The number of nitrogens with zero attached hydrogens (tertiary/aromatic N) is 1. The minimum atomic E-state index is -0.367. The third-order valence-electron chi connectivity index (χ3n) is 3.85. The first-order valence-electron chi connectivity index (χ1n) is 8.58. The first kappa shape index (κ1) is 20.3. The van der Waals surface area contributed by atoms with Gasteiger partial charge >= 0.3 is 0 Å². The summed E-state index contributed by atoms with van der Waals surface area (Å²) >= 11 is 4.14. The highest BCUT2D eigenvalue weighted by Gasteiger charge is 2.34. The van der Waals surface area contributed by atoms with E-state index in [1.54, 1.807) is 18.2 Å². The second kappa shape index (κ2) is 9.16. The number of phenolic OH excluding ortho intramolecular Hbond substituents is 1. The summed E-state index contributed by atoms with van der Waals surface area (Å²) in [5.74, 6) is 0.611. The van der Waals surface area contributed by atoms with Crippen molar-refractivity contribution in [3.05, 3.63) is 57.4 Å². The van der Waals surface area contributed by atoms with E-state index in [1.807, 2.05) is 37.3 Å². The van der Waals surface area contributed by atoms with E-state index in [9.17, 15) is 14.7 Å². The number of rotatable bonds is 7. The average molecular weight is 464 g/mol. The number of halogens is 1. The van der Waals surface area contributed by atoms with Crippen LogP contribution < -0.4 is 9.47 Å². The zero-order chi connectivity index (χ0) is 20.1. The molecule has 146 valence electrons. The van der Waals surface area contributed by atoms with Crippen LogP contribution >= 0.6 is 27.7 Å². The summed E-state index contributed by atoms with van der Waals surface area (Å²) in [4.78, 5) is 26.3. The molecule has 1 fully saturated rings. The summed E-state index contributed by atoms with van der Waals surface area (Å²) in [6, 6.07) is 12.5. The number of carbonyl (C=O) groups excluding carboxylic acids is 2. The molecule has 1 aliphatic heterocycles. The van der Waals surface area contributed by atoms with Crippen LogP contribution in [0.4, 0.5) is 4.79 Å². The number of thioether (sulfide) groups is 1. The Morgan fingerprint density at radius 3 is 2.64 bits per heavy atom. The van der Waals surface area contributed by atoms with Crippen molar-refractivity contribution in [1.29, 1.82) is 0 Å². The molecule has 1 heterocycles. The van der Waals surface area contributed by atoms with E-state index in [1.165, 1.54) is 4.90 Å². The van der Waals surface area contributed by atoms with Gasteiger partial charge in [0.25, 0.3) is 11.1 Å². The van der Waals surface area contributed by atoms with Crippen LogP contribution in [0.3, 0.4) is 0 Å². The summed E-state index contributed by atoms with van der Waals surface area (Å²) in [5.41, 5.74) is 0.638. The highest BCUT2D eigenvalue weighted by Crippen LogP contribution is 2.38. The van der Waals surface area contributed by atoms with Crippen molar-refractivity contribution in [2.24, 2.45) is 0 Å². The monoisotopic (exact) mass is 463 g/mol. The Morgan fingerprint density at radius 1 is 1.18 bits per heavy atom. The van der Waals surface area contributed by atoms with Crippen molar-refractivity contribution in [3.63, 3.8) is 0 Å². The molecule has 0 bridgehead atoms. The summed E-state index contributed by atoms with van der Waals surface area (Å²) in [6.07, 6.45) is 1.61. The molecule has 2 aromatic carbocycles. The molecule has 0 spiro atoms. The van der Waals surface area contributed by atoms with E-state index in [0.717, 1.165) is 11.8 Å². The number of benzene rings is 2. The van der Waals surface area contributed by atoms with Crippen LogP contribution in [0, 0.1) is 0 Å². The van der Waals surface area contributed by atoms with E-state index < -0.39 is 0 Å². The molecule has 0 radical (unpaired) electrons. The Bertz CT molecular complexity index is 916. The Kier molecular flexibility index (Phi) is 6.64. The van der Waals surface area contributed by atoms with Gasteiger partial charge in [-0.05, 0) is 70.5 Å². The van der Waals surface area contributed by atoms with Gasteiger partial charge in [-0.25, -0.2) is 0 Å². The Morgan fingerprint density at radius 2 is 1.93 bits per heavy atom. The minimum Gasteiger partial charge on any atom is -0.503 e. The number of ether oxygens (including phenoxy) is 2. The third kappa shape index (κ3) is 4.69. The first-order chi connectivity index (χ1) is 13.5. The van der Waals surface area contributed by atoms with E-state index in [2.05, 4.69) is 15.9 Å². The van der Waals surface area contributed by atoms with Crippen molar-refractivity contribution in [3.8, 4) is 17.2 Å². The molecule has 3 rings (SSSR count). The molecule has 0 saturated carbocycles. The number of amides is 2. The summed E-state index contributed by atoms with van der Waals surface area (Å²) in [5, 5.41) is 9.66. The first-order valence-corrected chi connectivity index (χ1v) is 10.2. The quantitative estimate of drug-likeness (QED) is 0.601. The van der Waals surface area contributed by atoms with Gasteiger partial charge in [-0.3, -0.25) is 14.5 Å². The lowest BCUT2D eigenvalue weighted by Crippen LogP contribution is -2.32. The van der Waals surface area contributed by atoms with Gasteiger partial charge in [0.1, 0.15) is 12.4 Å². The number of carbonyl (C=O) groups is 2. The Labute approximate surface area is 175 Å². The fourth-order valence-corrected chi connectivity index (χ4v) is 3.88. The molecule has 28 heavy (non-hydrogen) atoms. The molecular formula is C20H18BrNO5S. The second-order valence-corrected chi connectivity index (χ2v) is 7.62. The molecule has 0 aliphatic carbocycles. The maximum absolute atomic E-state index is 12.6. The normalized spacial score (nSPS) is 15.4. The Hall–Kier alpha value is -2.45. The van der Waals surface area contributed by atoms with E-state index >= 15 is 0 Å². The van der Waals surface area contributed by atoms with Gasteiger partial charge in [0, 0.05) is 0 Å². The van der Waals surface area contributed by atoms with Crippen LogP contribution in [-0.4, -0.2) is 40.9 Å². The molecule has 1 N–H and O–H groups in total. The standard InChI is InChI=1S/C20H18BrNO5S/c1-2-26-16-11-13(10-15(21)18(16)23)12-17-19(24)22(20(25)28-17)8-9-27-14-6-4-3-5-7-14/h3-7,10-12,23H,2,8-9H2,1H3/b17-12-. The number of imide groups is 1. The molecule has 0 atom stereocenters. The number of hydrogen-bond donors (Lipinski definition) is 1. The number of para-hydroxylation sites is 1. The van der Waals surface area contributed by atoms with Crippen molar-refractivity contribution >= 4 is 44.9 Å². The molecule has 1 aliphatic rings. The van der Waals surface area contributed by atoms with Crippen LogP contribution in [0.15, 0.2) is 51.8 Å². The van der Waals surface area contributed by atoms with Gasteiger partial charge in [-0.2, -0.15) is 0 Å². The highest BCUT2D eigenvalue weighted by atomic mass is 79.9. The van der Waals surface area contributed by atoms with Crippen molar-refractivity contribution in [2.75, 3.05) is 19.8 Å². The fraction of sp³-hybridized carbons (Fsp3) is 0.200. The smallest absolute Gasteiger partial charge is 0.293 e. The maximum atomic E-state index is 12.6. The molecule has 2 amide bonds. The van der Waals surface area contributed by atoms with E-state index in [4.69, 9.17) is 9.47 Å². The number of hydrogen-bond acceptors (Lipinski definition) is 6. The summed E-state index contributed by atoms with van der Waals surface area (Å²) < 4.78 is 11.4. The van der Waals surface area contributed by atoms with Gasteiger partial charge < -0.3 is 14.6 Å². The van der Waals surface area contributed by atoms with Gasteiger partial charge in [-0.15, -0.1) is 0 Å². The zero-order valence-corrected chi connectivity index (χ0v) is 17.5. The van der Waals surface area contributed by atoms with Crippen LogP contribution in [0.1, 0.15) is 12.5 Å². The number of phenols is 1. The summed E-state index contributed by atoms with van der Waals surface area (Å²) in [6.45, 7) is 2.58. The van der Waals surface area contributed by atoms with Gasteiger partial charge in [0.15, 0.2) is 11.5 Å². The lowest BCUT2D eigenvalue weighted by atomic mass is 10.2. The van der Waals surface area contributed by atoms with Crippen LogP contribution in [0.25, 0.3) is 6.08 Å².